The molecule has 2 heterocycles. The molecule has 0 saturated carbocycles. The molecular formula is C52H38N4. The Morgan fingerprint density at radius 2 is 0.839 bits per heavy atom. The summed E-state index contributed by atoms with van der Waals surface area (Å²) in [4.78, 5) is 0. The third kappa shape index (κ3) is 5.34. The number of nitrogens with zero attached hydrogens (tertiary/aromatic N) is 2. The number of benzene rings is 9. The summed E-state index contributed by atoms with van der Waals surface area (Å²) in [5.74, 6) is 0. The fraction of sp³-hybridized carbons (Fsp3) is 0.0192. The number of aromatic nitrogens is 2. The molecule has 0 bridgehead atoms. The Morgan fingerprint density at radius 3 is 1.39 bits per heavy atom. The molecule has 0 unspecified atom stereocenters. The zero-order valence-corrected chi connectivity index (χ0v) is 30.9. The van der Waals surface area contributed by atoms with Gasteiger partial charge in [-0.05, 0) is 83.1 Å². The van der Waals surface area contributed by atoms with Crippen molar-refractivity contribution in [3.63, 3.8) is 0 Å². The number of hydrogen-bond donors (Lipinski definition) is 2. The van der Waals surface area contributed by atoms with Crippen LogP contribution in [0.3, 0.4) is 0 Å². The topological polar surface area (TPSA) is 59.7 Å². The first-order chi connectivity index (χ1) is 27.6. The van der Waals surface area contributed by atoms with Crippen molar-refractivity contribution in [1.82, 2.24) is 9.13 Å². The number of aryl methyl sites for hydroxylation is 1. The van der Waals surface area contributed by atoms with E-state index in [-0.39, 0.29) is 0 Å². The summed E-state index contributed by atoms with van der Waals surface area (Å²) in [6.45, 7) is 2.14. The Kier molecular flexibility index (Phi) is 7.97. The number of nitrogen functional groups attached to an aromatic ring is 1. The Balaban J connectivity index is 0.000000216. The lowest BCUT2D eigenvalue weighted by atomic mass is 9.96. The SMILES string of the molecule is Cc1ccc(-n2c3ccccc3c3c4ccc5c(ccc6c5c5ccccc5n6-c5ccccc5)c4ccc32)cc1.N=C(c1ccccc1)c1ccccc1N. The highest BCUT2D eigenvalue weighted by Gasteiger charge is 2.19. The van der Waals surface area contributed by atoms with Crippen LogP contribution < -0.4 is 5.73 Å². The van der Waals surface area contributed by atoms with Crippen LogP contribution in [-0.2, 0) is 0 Å². The Labute approximate surface area is 324 Å². The quantitative estimate of drug-likeness (QED) is 0.106. The maximum absolute atomic E-state index is 8.03. The molecule has 0 aliphatic carbocycles. The van der Waals surface area contributed by atoms with Gasteiger partial charge in [0.15, 0.2) is 0 Å². The first-order valence-corrected chi connectivity index (χ1v) is 19.0. The molecule has 0 spiro atoms. The number of nitrogens with one attached hydrogen (secondary N) is 1. The molecule has 0 fully saturated rings. The first-order valence-electron chi connectivity index (χ1n) is 19.0. The van der Waals surface area contributed by atoms with Gasteiger partial charge in [-0.3, -0.25) is 5.41 Å². The molecule has 3 N–H and O–H groups in total. The second-order valence-corrected chi connectivity index (χ2v) is 14.4. The van der Waals surface area contributed by atoms with Crippen LogP contribution in [0.2, 0.25) is 0 Å². The monoisotopic (exact) mass is 718 g/mol. The summed E-state index contributed by atoms with van der Waals surface area (Å²) in [6, 6.07) is 68.1. The predicted octanol–water partition coefficient (Wildman–Crippen LogP) is 13.2. The molecule has 56 heavy (non-hydrogen) atoms. The minimum atomic E-state index is 0.466. The maximum Gasteiger partial charge on any atom is 0.0705 e. The summed E-state index contributed by atoms with van der Waals surface area (Å²) in [6.07, 6.45) is 0. The molecule has 0 amide bonds. The van der Waals surface area contributed by atoms with Crippen LogP contribution in [0.15, 0.2) is 194 Å². The van der Waals surface area contributed by atoms with Crippen molar-refractivity contribution >= 4 is 76.6 Å². The van der Waals surface area contributed by atoms with Gasteiger partial charge in [-0.2, -0.15) is 0 Å². The third-order valence-corrected chi connectivity index (χ3v) is 11.1. The van der Waals surface area contributed by atoms with Crippen molar-refractivity contribution in [2.24, 2.45) is 0 Å². The zero-order chi connectivity index (χ0) is 37.8. The fourth-order valence-corrected chi connectivity index (χ4v) is 8.47. The molecule has 0 aliphatic heterocycles. The lowest BCUT2D eigenvalue weighted by Gasteiger charge is -2.11. The molecule has 0 aliphatic rings. The van der Waals surface area contributed by atoms with E-state index in [0.717, 1.165) is 11.1 Å². The number of fused-ring (bicyclic) bond motifs is 11. The van der Waals surface area contributed by atoms with E-state index in [1.807, 2.05) is 54.6 Å². The van der Waals surface area contributed by atoms with Crippen LogP contribution in [0.5, 0.6) is 0 Å². The van der Waals surface area contributed by atoms with Crippen molar-refractivity contribution in [1.29, 1.82) is 5.41 Å². The highest BCUT2D eigenvalue weighted by molar-refractivity contribution is 6.30. The van der Waals surface area contributed by atoms with Gasteiger partial charge in [0.2, 0.25) is 0 Å². The van der Waals surface area contributed by atoms with Crippen molar-refractivity contribution in [2.75, 3.05) is 5.73 Å². The van der Waals surface area contributed by atoms with Crippen LogP contribution in [-0.4, -0.2) is 14.8 Å². The van der Waals surface area contributed by atoms with Gasteiger partial charge in [-0.15, -0.1) is 0 Å². The molecule has 4 nitrogen and oxygen atoms in total. The maximum atomic E-state index is 8.03. The van der Waals surface area contributed by atoms with Crippen LogP contribution in [0.1, 0.15) is 16.7 Å². The van der Waals surface area contributed by atoms with Gasteiger partial charge in [-0.25, -0.2) is 0 Å². The Hall–Kier alpha value is -7.43. The largest absolute Gasteiger partial charge is 0.398 e. The smallest absolute Gasteiger partial charge is 0.0705 e. The first kappa shape index (κ1) is 33.2. The molecule has 0 radical (unpaired) electrons. The van der Waals surface area contributed by atoms with Crippen molar-refractivity contribution in [2.45, 2.75) is 6.92 Å². The second-order valence-electron chi connectivity index (χ2n) is 14.4. The summed E-state index contributed by atoms with van der Waals surface area (Å²) >= 11 is 0. The number of hydrogen-bond acceptors (Lipinski definition) is 2. The van der Waals surface area contributed by atoms with E-state index in [0.29, 0.717) is 11.4 Å². The average molecular weight is 719 g/mol. The van der Waals surface area contributed by atoms with Crippen molar-refractivity contribution in [3.8, 4) is 11.4 Å². The summed E-state index contributed by atoms with van der Waals surface area (Å²) < 4.78 is 4.80. The van der Waals surface area contributed by atoms with Crippen LogP contribution in [0.4, 0.5) is 5.69 Å². The standard InChI is InChI=1S/C39H26N2.C13H12N2/c1-25-15-17-27(18-16-25)41-35-14-8-6-12-33(35)39-31-20-19-30-28(29(31)22-24-37(39)41)21-23-36-38(30)32-11-5-7-13-34(32)40(36)26-9-3-2-4-10-26;14-12-9-5-4-8-11(12)13(15)10-6-2-1-3-7-10/h2-24H,1H3;1-9,15H,14H2. The fourth-order valence-electron chi connectivity index (χ4n) is 8.47. The van der Waals surface area contributed by atoms with E-state index in [1.54, 1.807) is 0 Å². The van der Waals surface area contributed by atoms with Gasteiger partial charge in [0.05, 0.1) is 27.8 Å². The molecule has 11 aromatic rings. The minimum Gasteiger partial charge on any atom is -0.398 e. The van der Waals surface area contributed by atoms with Crippen molar-refractivity contribution < 1.29 is 0 Å². The van der Waals surface area contributed by atoms with E-state index in [9.17, 15) is 0 Å². The summed E-state index contributed by atoms with van der Waals surface area (Å²) in [7, 11) is 0. The molecule has 9 aromatic carbocycles. The summed E-state index contributed by atoms with van der Waals surface area (Å²) in [5.41, 5.74) is 17.2. The van der Waals surface area contributed by atoms with Gasteiger partial charge in [-0.1, -0.05) is 145 Å². The molecular weight excluding hydrogens is 681 g/mol. The van der Waals surface area contributed by atoms with E-state index in [4.69, 9.17) is 11.1 Å². The lowest BCUT2D eigenvalue weighted by Crippen LogP contribution is -2.04. The van der Waals surface area contributed by atoms with Crippen molar-refractivity contribution in [3.05, 3.63) is 211 Å². The Morgan fingerprint density at radius 1 is 0.393 bits per heavy atom. The van der Waals surface area contributed by atoms with Gasteiger partial charge in [0, 0.05) is 49.7 Å². The average Bonchev–Trinajstić information content (AvgIpc) is 3.78. The third-order valence-electron chi connectivity index (χ3n) is 11.1. The number of para-hydroxylation sites is 4. The van der Waals surface area contributed by atoms with E-state index >= 15 is 0 Å². The lowest BCUT2D eigenvalue weighted by molar-refractivity contribution is 1.18. The van der Waals surface area contributed by atoms with Gasteiger partial charge in [0.1, 0.15) is 0 Å². The molecule has 266 valence electrons. The number of rotatable bonds is 4. The Bertz CT molecular complexity index is 3260. The van der Waals surface area contributed by atoms with Gasteiger partial charge >= 0.3 is 0 Å². The minimum absolute atomic E-state index is 0.466. The van der Waals surface area contributed by atoms with E-state index in [1.165, 1.54) is 82.1 Å². The van der Waals surface area contributed by atoms with E-state index in [2.05, 4.69) is 156 Å². The van der Waals surface area contributed by atoms with Crippen LogP contribution in [0.25, 0.3) is 76.5 Å². The number of nitrogens with two attached hydrogens (primary N) is 1. The second kappa shape index (κ2) is 13.5. The molecule has 0 saturated heterocycles. The predicted molar refractivity (Wildman–Crippen MR) is 238 cm³/mol. The number of anilines is 1. The van der Waals surface area contributed by atoms with E-state index < -0.39 is 0 Å². The van der Waals surface area contributed by atoms with Crippen LogP contribution in [0, 0.1) is 12.3 Å². The molecule has 0 atom stereocenters. The highest BCUT2D eigenvalue weighted by atomic mass is 15.0. The van der Waals surface area contributed by atoms with Crippen LogP contribution >= 0.6 is 0 Å². The van der Waals surface area contributed by atoms with Gasteiger partial charge in [0.25, 0.3) is 0 Å². The molecule has 4 heteroatoms. The molecule has 11 rings (SSSR count). The highest BCUT2D eigenvalue weighted by Crippen LogP contribution is 2.42. The van der Waals surface area contributed by atoms with Gasteiger partial charge < -0.3 is 14.9 Å². The molecule has 2 aromatic heterocycles. The normalized spacial score (nSPS) is 11.4. The zero-order valence-electron chi connectivity index (χ0n) is 30.9. The summed E-state index contributed by atoms with van der Waals surface area (Å²) in [5, 5.41) is 18.4.